The zero-order valence-corrected chi connectivity index (χ0v) is 13.9. The molecular weight excluding hydrogens is 276 g/mol. The van der Waals surface area contributed by atoms with Crippen molar-refractivity contribution in [1.82, 2.24) is 10.6 Å². The molecule has 1 aromatic carbocycles. The molecule has 0 saturated heterocycles. The summed E-state index contributed by atoms with van der Waals surface area (Å²) in [4.78, 5) is 23.6. The number of carbonyl (C=O) groups excluding carboxylic acids is 2. The molecular formula is C18H28N2O2. The third-order valence-electron chi connectivity index (χ3n) is 3.50. The summed E-state index contributed by atoms with van der Waals surface area (Å²) in [5.74, 6) is 0.555. The fourth-order valence-corrected chi connectivity index (χ4v) is 2.23. The van der Waals surface area contributed by atoms with Crippen LogP contribution in [0.15, 0.2) is 30.3 Å². The minimum atomic E-state index is -0.140. The van der Waals surface area contributed by atoms with Crippen LogP contribution in [0.25, 0.3) is 0 Å². The van der Waals surface area contributed by atoms with Gasteiger partial charge in [-0.25, -0.2) is 0 Å². The second-order valence-electron chi connectivity index (χ2n) is 6.17. The number of carbonyl (C=O) groups is 2. The first kappa shape index (κ1) is 18.2. The maximum Gasteiger partial charge on any atom is 0.251 e. The first-order valence-electron chi connectivity index (χ1n) is 8.11. The molecule has 1 unspecified atom stereocenters. The standard InChI is InChI=1S/C18H28N2O2/c1-14(2)8-7-9-15(3)20-17(21)12-13-19-18(22)16-10-5-4-6-11-16/h4-6,10-11,14-15H,7-9,12-13H2,1-3H3,(H,19,22)(H,20,21). The molecule has 0 aliphatic rings. The summed E-state index contributed by atoms with van der Waals surface area (Å²) in [6.07, 6.45) is 3.63. The van der Waals surface area contributed by atoms with Gasteiger partial charge in [0.2, 0.25) is 5.91 Å². The van der Waals surface area contributed by atoms with Gasteiger partial charge in [-0.15, -0.1) is 0 Å². The zero-order valence-electron chi connectivity index (χ0n) is 13.9. The molecule has 0 radical (unpaired) electrons. The van der Waals surface area contributed by atoms with Crippen LogP contribution >= 0.6 is 0 Å². The molecule has 0 aromatic heterocycles. The lowest BCUT2D eigenvalue weighted by Gasteiger charge is -2.14. The van der Waals surface area contributed by atoms with E-state index in [0.29, 0.717) is 24.4 Å². The molecule has 2 N–H and O–H groups in total. The highest BCUT2D eigenvalue weighted by atomic mass is 16.2. The summed E-state index contributed by atoms with van der Waals surface area (Å²) in [7, 11) is 0. The van der Waals surface area contributed by atoms with Gasteiger partial charge < -0.3 is 10.6 Å². The highest BCUT2D eigenvalue weighted by Gasteiger charge is 2.09. The van der Waals surface area contributed by atoms with E-state index < -0.39 is 0 Å². The van der Waals surface area contributed by atoms with Crippen molar-refractivity contribution >= 4 is 11.8 Å². The molecule has 4 nitrogen and oxygen atoms in total. The molecule has 22 heavy (non-hydrogen) atoms. The zero-order chi connectivity index (χ0) is 16.4. The maximum atomic E-state index is 11.8. The Morgan fingerprint density at radius 1 is 1.05 bits per heavy atom. The van der Waals surface area contributed by atoms with Gasteiger partial charge in [0.1, 0.15) is 0 Å². The first-order valence-corrected chi connectivity index (χ1v) is 8.11. The topological polar surface area (TPSA) is 58.2 Å². The summed E-state index contributed by atoms with van der Waals surface area (Å²) in [6, 6.07) is 9.21. The monoisotopic (exact) mass is 304 g/mol. The van der Waals surface area contributed by atoms with E-state index in [-0.39, 0.29) is 17.9 Å². The maximum absolute atomic E-state index is 11.8. The smallest absolute Gasteiger partial charge is 0.251 e. The average Bonchev–Trinajstić information content (AvgIpc) is 2.47. The van der Waals surface area contributed by atoms with Crippen molar-refractivity contribution in [3.05, 3.63) is 35.9 Å². The minimum Gasteiger partial charge on any atom is -0.354 e. The van der Waals surface area contributed by atoms with Crippen LogP contribution in [0.2, 0.25) is 0 Å². The van der Waals surface area contributed by atoms with Crippen LogP contribution in [-0.4, -0.2) is 24.4 Å². The largest absolute Gasteiger partial charge is 0.354 e. The molecule has 4 heteroatoms. The van der Waals surface area contributed by atoms with Crippen LogP contribution in [0.3, 0.4) is 0 Å². The number of amides is 2. The van der Waals surface area contributed by atoms with Crippen LogP contribution < -0.4 is 10.6 Å². The second-order valence-corrected chi connectivity index (χ2v) is 6.17. The fraction of sp³-hybridized carbons (Fsp3) is 0.556. The van der Waals surface area contributed by atoms with Gasteiger partial charge in [0, 0.05) is 24.6 Å². The molecule has 2 amide bonds. The van der Waals surface area contributed by atoms with E-state index in [9.17, 15) is 9.59 Å². The summed E-state index contributed by atoms with van der Waals surface area (Å²) in [5.41, 5.74) is 0.616. The number of nitrogens with one attached hydrogen (secondary N) is 2. The van der Waals surface area contributed by atoms with Crippen molar-refractivity contribution in [1.29, 1.82) is 0 Å². The van der Waals surface area contributed by atoms with E-state index in [4.69, 9.17) is 0 Å². The summed E-state index contributed by atoms with van der Waals surface area (Å²) >= 11 is 0. The van der Waals surface area contributed by atoms with Gasteiger partial charge >= 0.3 is 0 Å². The van der Waals surface area contributed by atoms with E-state index in [1.54, 1.807) is 12.1 Å². The van der Waals surface area contributed by atoms with Crippen molar-refractivity contribution in [3.63, 3.8) is 0 Å². The van der Waals surface area contributed by atoms with Gasteiger partial charge in [-0.1, -0.05) is 44.9 Å². The van der Waals surface area contributed by atoms with Gasteiger partial charge in [0.05, 0.1) is 0 Å². The Morgan fingerprint density at radius 2 is 1.73 bits per heavy atom. The Bertz CT molecular complexity index is 457. The molecule has 0 saturated carbocycles. The van der Waals surface area contributed by atoms with E-state index in [2.05, 4.69) is 24.5 Å². The number of hydrogen-bond acceptors (Lipinski definition) is 2. The number of hydrogen-bond donors (Lipinski definition) is 2. The first-order chi connectivity index (χ1) is 10.5. The molecule has 0 aliphatic carbocycles. The third kappa shape index (κ3) is 7.81. The van der Waals surface area contributed by atoms with Gasteiger partial charge in [-0.05, 0) is 31.4 Å². The van der Waals surface area contributed by atoms with Crippen molar-refractivity contribution in [2.24, 2.45) is 5.92 Å². The predicted molar refractivity (Wildman–Crippen MR) is 89.7 cm³/mol. The van der Waals surface area contributed by atoms with E-state index in [1.807, 2.05) is 25.1 Å². The van der Waals surface area contributed by atoms with Crippen molar-refractivity contribution in [2.75, 3.05) is 6.54 Å². The highest BCUT2D eigenvalue weighted by Crippen LogP contribution is 2.08. The SMILES string of the molecule is CC(C)CCCC(C)NC(=O)CCNC(=O)c1ccccc1. The van der Waals surface area contributed by atoms with Crippen LogP contribution in [0.4, 0.5) is 0 Å². The van der Waals surface area contributed by atoms with Crippen LogP contribution in [-0.2, 0) is 4.79 Å². The van der Waals surface area contributed by atoms with Crippen LogP contribution in [0, 0.1) is 5.92 Å². The Morgan fingerprint density at radius 3 is 2.36 bits per heavy atom. The molecule has 1 rings (SSSR count). The molecule has 0 fully saturated rings. The van der Waals surface area contributed by atoms with Gasteiger partial charge in [0.15, 0.2) is 0 Å². The Hall–Kier alpha value is -1.84. The average molecular weight is 304 g/mol. The highest BCUT2D eigenvalue weighted by molar-refractivity contribution is 5.94. The number of rotatable bonds is 9. The molecule has 0 bridgehead atoms. The lowest BCUT2D eigenvalue weighted by molar-refractivity contribution is -0.121. The summed E-state index contributed by atoms with van der Waals surface area (Å²) in [5, 5.41) is 5.74. The van der Waals surface area contributed by atoms with Crippen molar-refractivity contribution in [3.8, 4) is 0 Å². The second kappa shape index (κ2) is 9.98. The summed E-state index contributed by atoms with van der Waals surface area (Å²) in [6.45, 7) is 6.80. The Kier molecular flexibility index (Phi) is 8.26. The fourth-order valence-electron chi connectivity index (χ4n) is 2.23. The van der Waals surface area contributed by atoms with Crippen LogP contribution in [0.5, 0.6) is 0 Å². The van der Waals surface area contributed by atoms with Crippen molar-refractivity contribution < 1.29 is 9.59 Å². The lowest BCUT2D eigenvalue weighted by atomic mass is 10.0. The third-order valence-corrected chi connectivity index (χ3v) is 3.50. The van der Waals surface area contributed by atoms with E-state index in [0.717, 1.165) is 12.8 Å². The Balaban J connectivity index is 2.16. The van der Waals surface area contributed by atoms with Crippen molar-refractivity contribution in [2.45, 2.75) is 52.5 Å². The summed E-state index contributed by atoms with van der Waals surface area (Å²) < 4.78 is 0. The van der Waals surface area contributed by atoms with Gasteiger partial charge in [-0.2, -0.15) is 0 Å². The molecule has 0 aliphatic heterocycles. The quantitative estimate of drug-likeness (QED) is 0.736. The molecule has 122 valence electrons. The molecule has 0 heterocycles. The Labute approximate surface area is 133 Å². The van der Waals surface area contributed by atoms with E-state index >= 15 is 0 Å². The van der Waals surface area contributed by atoms with Crippen LogP contribution in [0.1, 0.15) is 56.8 Å². The minimum absolute atomic E-state index is 0.00888. The lowest BCUT2D eigenvalue weighted by Crippen LogP contribution is -2.35. The molecule has 1 atom stereocenters. The van der Waals surface area contributed by atoms with E-state index in [1.165, 1.54) is 6.42 Å². The van der Waals surface area contributed by atoms with Gasteiger partial charge in [-0.3, -0.25) is 9.59 Å². The number of benzene rings is 1. The molecule has 0 spiro atoms. The predicted octanol–water partition coefficient (Wildman–Crippen LogP) is 3.14. The van der Waals surface area contributed by atoms with Gasteiger partial charge in [0.25, 0.3) is 5.91 Å². The normalized spacial score (nSPS) is 12.0. The molecule has 1 aromatic rings.